The zero-order valence-electron chi connectivity index (χ0n) is 19.4. The molecule has 3 aromatic rings. The highest BCUT2D eigenvalue weighted by molar-refractivity contribution is 5.94. The van der Waals surface area contributed by atoms with E-state index in [1.165, 1.54) is 11.6 Å². The number of amides is 1. The summed E-state index contributed by atoms with van der Waals surface area (Å²) < 4.78 is 14.4. The van der Waals surface area contributed by atoms with Crippen molar-refractivity contribution in [2.45, 2.75) is 26.3 Å². The number of hydrogen-bond donors (Lipinski definition) is 0. The highest BCUT2D eigenvalue weighted by atomic mass is 19.1. The molecular weight excluding hydrogens is 413 g/mol. The van der Waals surface area contributed by atoms with Gasteiger partial charge in [0.1, 0.15) is 5.82 Å². The summed E-state index contributed by atoms with van der Waals surface area (Å²) in [7, 11) is 0. The maximum atomic E-state index is 14.4. The van der Waals surface area contributed by atoms with Crippen LogP contribution in [0.2, 0.25) is 0 Å². The number of carbonyl (C=O) groups is 1. The highest BCUT2D eigenvalue weighted by Crippen LogP contribution is 2.34. The Kier molecular flexibility index (Phi) is 7.50. The highest BCUT2D eigenvalue weighted by Gasteiger charge is 2.36. The maximum absolute atomic E-state index is 14.4. The molecule has 0 bridgehead atoms. The second kappa shape index (κ2) is 10.7. The summed E-state index contributed by atoms with van der Waals surface area (Å²) in [6.45, 7) is 7.96. The van der Waals surface area contributed by atoms with E-state index < -0.39 is 5.82 Å². The average Bonchev–Trinajstić information content (AvgIpc) is 3.21. The van der Waals surface area contributed by atoms with Gasteiger partial charge in [-0.15, -0.1) is 0 Å². The first-order valence-corrected chi connectivity index (χ1v) is 11.7. The molecule has 1 aliphatic heterocycles. The van der Waals surface area contributed by atoms with Crippen LogP contribution in [-0.4, -0.2) is 46.9 Å². The van der Waals surface area contributed by atoms with Gasteiger partial charge in [0.25, 0.3) is 5.91 Å². The van der Waals surface area contributed by atoms with Crippen molar-refractivity contribution in [1.29, 1.82) is 0 Å². The van der Waals surface area contributed by atoms with Crippen LogP contribution in [0.1, 0.15) is 41.4 Å². The monoisotopic (exact) mass is 445 g/mol. The van der Waals surface area contributed by atoms with Crippen LogP contribution in [-0.2, 0) is 6.54 Å². The van der Waals surface area contributed by atoms with E-state index in [0.717, 1.165) is 25.3 Å². The van der Waals surface area contributed by atoms with Crippen molar-refractivity contribution >= 4 is 5.91 Å². The van der Waals surface area contributed by atoms with Crippen LogP contribution in [0.5, 0.6) is 0 Å². The molecule has 1 aromatic heterocycles. The Morgan fingerprint density at radius 3 is 2.45 bits per heavy atom. The largest absolute Gasteiger partial charge is 0.338 e. The van der Waals surface area contributed by atoms with E-state index in [-0.39, 0.29) is 17.4 Å². The Labute approximate surface area is 196 Å². The molecule has 33 heavy (non-hydrogen) atoms. The normalized spacial score (nSPS) is 18.5. The predicted molar refractivity (Wildman–Crippen MR) is 129 cm³/mol. The quantitative estimate of drug-likeness (QED) is 0.476. The number of likely N-dealkylation sites (tertiary alicyclic amines) is 1. The number of aromatic nitrogens is 1. The van der Waals surface area contributed by atoms with Crippen molar-refractivity contribution in [2.24, 2.45) is 11.8 Å². The number of pyridine rings is 1. The summed E-state index contributed by atoms with van der Waals surface area (Å²) in [6.07, 6.45) is 1.83. The predicted octanol–water partition coefficient (Wildman–Crippen LogP) is 5.23. The van der Waals surface area contributed by atoms with Gasteiger partial charge in [0.15, 0.2) is 0 Å². The Morgan fingerprint density at radius 1 is 1.03 bits per heavy atom. The minimum atomic E-state index is -0.459. The van der Waals surface area contributed by atoms with Gasteiger partial charge in [0, 0.05) is 44.8 Å². The Hall–Kier alpha value is -3.05. The smallest absolute Gasteiger partial charge is 0.256 e. The van der Waals surface area contributed by atoms with Crippen LogP contribution in [0, 0.1) is 17.7 Å². The second-order valence-corrected chi connectivity index (χ2v) is 9.38. The fourth-order valence-electron chi connectivity index (χ4n) is 4.84. The lowest BCUT2D eigenvalue weighted by Crippen LogP contribution is -2.40. The summed E-state index contributed by atoms with van der Waals surface area (Å²) in [6, 6.07) is 22.8. The van der Waals surface area contributed by atoms with Crippen LogP contribution in [0.4, 0.5) is 4.39 Å². The minimum Gasteiger partial charge on any atom is -0.338 e. The first kappa shape index (κ1) is 23.1. The van der Waals surface area contributed by atoms with Gasteiger partial charge in [-0.25, -0.2) is 4.39 Å². The van der Waals surface area contributed by atoms with Crippen molar-refractivity contribution in [1.82, 2.24) is 14.8 Å². The standard InChI is InChI=1S/C28H32FN3O/c1-21(2)16-32(28(33)25-13-6-7-14-27(25)29)18-23-17-31(19-24-12-8-9-15-30-24)20-26(23)22-10-4-3-5-11-22/h3-15,21,23,26H,16-20H2,1-2H3/t23-,26-/m1/s1. The molecule has 1 amide bonds. The lowest BCUT2D eigenvalue weighted by atomic mass is 9.88. The van der Waals surface area contributed by atoms with E-state index in [1.807, 2.05) is 29.3 Å². The van der Waals surface area contributed by atoms with Crippen molar-refractivity contribution in [3.8, 4) is 0 Å². The van der Waals surface area contributed by atoms with Gasteiger partial charge in [0.05, 0.1) is 11.3 Å². The van der Waals surface area contributed by atoms with E-state index in [0.29, 0.717) is 24.9 Å². The van der Waals surface area contributed by atoms with Gasteiger partial charge < -0.3 is 4.90 Å². The molecule has 0 spiro atoms. The summed E-state index contributed by atoms with van der Waals surface area (Å²) in [5.41, 5.74) is 2.48. The molecule has 172 valence electrons. The third-order valence-corrected chi connectivity index (χ3v) is 6.29. The molecule has 0 radical (unpaired) electrons. The third-order valence-electron chi connectivity index (χ3n) is 6.29. The fourth-order valence-corrected chi connectivity index (χ4v) is 4.84. The van der Waals surface area contributed by atoms with Crippen molar-refractivity contribution in [2.75, 3.05) is 26.2 Å². The van der Waals surface area contributed by atoms with E-state index in [2.05, 4.69) is 54.1 Å². The molecule has 1 fully saturated rings. The molecule has 0 aliphatic carbocycles. The molecule has 4 nitrogen and oxygen atoms in total. The van der Waals surface area contributed by atoms with E-state index in [1.54, 1.807) is 18.2 Å². The van der Waals surface area contributed by atoms with Gasteiger partial charge >= 0.3 is 0 Å². The number of hydrogen-bond acceptors (Lipinski definition) is 3. The molecule has 2 atom stereocenters. The molecule has 0 unspecified atom stereocenters. The Morgan fingerprint density at radius 2 is 1.76 bits per heavy atom. The van der Waals surface area contributed by atoms with Crippen LogP contribution in [0.15, 0.2) is 79.0 Å². The summed E-state index contributed by atoms with van der Waals surface area (Å²) in [5, 5.41) is 0. The number of benzene rings is 2. The zero-order valence-corrected chi connectivity index (χ0v) is 19.4. The minimum absolute atomic E-state index is 0.151. The lowest BCUT2D eigenvalue weighted by Gasteiger charge is -2.30. The molecule has 5 heteroatoms. The van der Waals surface area contributed by atoms with Crippen LogP contribution in [0.25, 0.3) is 0 Å². The first-order valence-electron chi connectivity index (χ1n) is 11.7. The number of halogens is 1. The number of carbonyl (C=O) groups excluding carboxylic acids is 1. The topological polar surface area (TPSA) is 36.4 Å². The molecule has 1 aliphatic rings. The second-order valence-electron chi connectivity index (χ2n) is 9.38. The van der Waals surface area contributed by atoms with Crippen LogP contribution < -0.4 is 0 Å². The summed E-state index contributed by atoms with van der Waals surface area (Å²) in [4.78, 5) is 22.1. The van der Waals surface area contributed by atoms with Crippen LogP contribution >= 0.6 is 0 Å². The van der Waals surface area contributed by atoms with Gasteiger partial charge in [-0.05, 0) is 41.7 Å². The van der Waals surface area contributed by atoms with E-state index >= 15 is 0 Å². The molecule has 2 aromatic carbocycles. The fraction of sp³-hybridized carbons (Fsp3) is 0.357. The molecule has 0 N–H and O–H groups in total. The Bertz CT molecular complexity index is 1040. The first-order chi connectivity index (χ1) is 16.0. The molecule has 2 heterocycles. The third kappa shape index (κ3) is 5.85. The number of nitrogens with zero attached hydrogens (tertiary/aromatic N) is 3. The molecular formula is C28H32FN3O. The summed E-state index contributed by atoms with van der Waals surface area (Å²) >= 11 is 0. The van der Waals surface area contributed by atoms with Gasteiger partial charge in [0.2, 0.25) is 0 Å². The van der Waals surface area contributed by atoms with Crippen LogP contribution in [0.3, 0.4) is 0 Å². The van der Waals surface area contributed by atoms with Gasteiger partial charge in [-0.2, -0.15) is 0 Å². The lowest BCUT2D eigenvalue weighted by molar-refractivity contribution is 0.0698. The maximum Gasteiger partial charge on any atom is 0.256 e. The molecule has 0 saturated carbocycles. The van der Waals surface area contributed by atoms with Gasteiger partial charge in [-0.3, -0.25) is 14.7 Å². The molecule has 1 saturated heterocycles. The van der Waals surface area contributed by atoms with Crippen molar-refractivity contribution < 1.29 is 9.18 Å². The van der Waals surface area contributed by atoms with E-state index in [9.17, 15) is 9.18 Å². The van der Waals surface area contributed by atoms with Gasteiger partial charge in [-0.1, -0.05) is 62.4 Å². The van der Waals surface area contributed by atoms with Crippen molar-refractivity contribution in [3.63, 3.8) is 0 Å². The van der Waals surface area contributed by atoms with E-state index in [4.69, 9.17) is 0 Å². The average molecular weight is 446 g/mol. The number of rotatable bonds is 8. The zero-order chi connectivity index (χ0) is 23.2. The Balaban J connectivity index is 1.58. The summed E-state index contributed by atoms with van der Waals surface area (Å²) in [5.74, 6) is 0.168. The molecule has 4 rings (SSSR count). The SMILES string of the molecule is CC(C)CN(C[C@H]1CN(Cc2ccccn2)C[C@@H]1c1ccccc1)C(=O)c1ccccc1F. The van der Waals surface area contributed by atoms with Crippen molar-refractivity contribution in [3.05, 3.63) is 102 Å².